The van der Waals surface area contributed by atoms with Crippen molar-refractivity contribution in [2.24, 2.45) is 0 Å². The second-order valence-electron chi connectivity index (χ2n) is 5.48. The molecule has 0 saturated carbocycles. The lowest BCUT2D eigenvalue weighted by molar-refractivity contribution is 0.210. The number of aryl methyl sites for hydroxylation is 2. The van der Waals surface area contributed by atoms with Crippen molar-refractivity contribution in [1.29, 1.82) is 5.26 Å². The molecule has 4 heteroatoms. The number of hydrogen-bond donors (Lipinski definition) is 1. The maximum Gasteiger partial charge on any atom is 0.144 e. The quantitative estimate of drug-likeness (QED) is 0.886. The highest BCUT2D eigenvalue weighted by Crippen LogP contribution is 2.19. The van der Waals surface area contributed by atoms with Gasteiger partial charge in [-0.25, -0.2) is 4.98 Å². The lowest BCUT2D eigenvalue weighted by Gasteiger charge is -2.33. The lowest BCUT2D eigenvalue weighted by Crippen LogP contribution is -2.44. The summed E-state index contributed by atoms with van der Waals surface area (Å²) in [4.78, 5) is 6.56. The SMILES string of the molecule is Cc1cc(C)c(C#N)c(NCC(C)(C)N(C)C)n1. The third-order valence-corrected chi connectivity index (χ3v) is 3.36. The topological polar surface area (TPSA) is 52.0 Å². The summed E-state index contributed by atoms with van der Waals surface area (Å²) in [5.74, 6) is 0.685. The molecule has 0 saturated heterocycles. The number of nitrogens with one attached hydrogen (secondary N) is 1. The maximum absolute atomic E-state index is 9.19. The van der Waals surface area contributed by atoms with E-state index in [1.807, 2.05) is 34.0 Å². The Morgan fingerprint density at radius 2 is 2.00 bits per heavy atom. The Kier molecular flexibility index (Phi) is 4.31. The fraction of sp³-hybridized carbons (Fsp3) is 0.571. The van der Waals surface area contributed by atoms with Gasteiger partial charge in [0.05, 0.1) is 5.56 Å². The average Bonchev–Trinajstić information content (AvgIpc) is 2.25. The fourth-order valence-corrected chi connectivity index (χ4v) is 1.56. The number of anilines is 1. The van der Waals surface area contributed by atoms with Crippen LogP contribution in [0.3, 0.4) is 0 Å². The zero-order chi connectivity index (χ0) is 13.9. The minimum atomic E-state index is 0.00601. The van der Waals surface area contributed by atoms with E-state index in [-0.39, 0.29) is 5.54 Å². The molecule has 4 nitrogen and oxygen atoms in total. The molecule has 98 valence electrons. The molecule has 0 radical (unpaired) electrons. The van der Waals surface area contributed by atoms with Crippen molar-refractivity contribution in [2.75, 3.05) is 26.0 Å². The number of nitriles is 1. The Morgan fingerprint density at radius 1 is 1.39 bits per heavy atom. The molecule has 0 unspecified atom stereocenters. The van der Waals surface area contributed by atoms with Gasteiger partial charge in [0.25, 0.3) is 0 Å². The predicted octanol–water partition coefficient (Wildman–Crippen LogP) is 2.32. The Bertz CT molecular complexity index is 469. The molecule has 0 atom stereocenters. The smallest absolute Gasteiger partial charge is 0.144 e. The second kappa shape index (κ2) is 5.36. The van der Waals surface area contributed by atoms with Gasteiger partial charge in [0.15, 0.2) is 0 Å². The summed E-state index contributed by atoms with van der Waals surface area (Å²) in [6, 6.07) is 4.15. The van der Waals surface area contributed by atoms with E-state index in [4.69, 9.17) is 0 Å². The van der Waals surface area contributed by atoms with Gasteiger partial charge in [0.2, 0.25) is 0 Å². The van der Waals surface area contributed by atoms with Crippen LogP contribution in [0, 0.1) is 25.2 Å². The molecular formula is C14H22N4. The molecule has 0 spiro atoms. The van der Waals surface area contributed by atoms with Gasteiger partial charge >= 0.3 is 0 Å². The number of hydrogen-bond acceptors (Lipinski definition) is 4. The summed E-state index contributed by atoms with van der Waals surface area (Å²) in [6.07, 6.45) is 0. The molecule has 0 aromatic carbocycles. The number of likely N-dealkylation sites (N-methyl/N-ethyl adjacent to an activating group) is 1. The van der Waals surface area contributed by atoms with E-state index in [0.29, 0.717) is 11.4 Å². The summed E-state index contributed by atoms with van der Waals surface area (Å²) >= 11 is 0. The van der Waals surface area contributed by atoms with Gasteiger partial charge in [-0.2, -0.15) is 5.26 Å². The van der Waals surface area contributed by atoms with Crippen LogP contribution in [0.25, 0.3) is 0 Å². The van der Waals surface area contributed by atoms with E-state index < -0.39 is 0 Å². The molecule has 0 aliphatic heterocycles. The Labute approximate surface area is 110 Å². The molecule has 0 fully saturated rings. The van der Waals surface area contributed by atoms with Gasteiger partial charge < -0.3 is 10.2 Å². The molecule has 0 aliphatic carbocycles. The average molecular weight is 246 g/mol. The van der Waals surface area contributed by atoms with Gasteiger partial charge in [-0.05, 0) is 53.4 Å². The van der Waals surface area contributed by atoms with Crippen LogP contribution in [0.15, 0.2) is 6.07 Å². The van der Waals surface area contributed by atoms with Crippen molar-refractivity contribution in [2.45, 2.75) is 33.2 Å². The minimum Gasteiger partial charge on any atom is -0.367 e. The summed E-state index contributed by atoms with van der Waals surface area (Å²) < 4.78 is 0. The normalized spacial score (nSPS) is 11.4. The highest BCUT2D eigenvalue weighted by atomic mass is 15.2. The first kappa shape index (κ1) is 14.5. The first-order valence-electron chi connectivity index (χ1n) is 6.07. The first-order chi connectivity index (χ1) is 8.27. The van der Waals surface area contributed by atoms with E-state index in [1.54, 1.807) is 0 Å². The summed E-state index contributed by atoms with van der Waals surface area (Å²) in [5, 5.41) is 12.5. The van der Waals surface area contributed by atoms with Gasteiger partial charge in [0.1, 0.15) is 11.9 Å². The number of pyridine rings is 1. The molecular weight excluding hydrogens is 224 g/mol. The standard InChI is InChI=1S/C14H22N4/c1-10-7-11(2)17-13(12(10)8-15)16-9-14(3,4)18(5)6/h7H,9H2,1-6H3,(H,16,17). The number of nitrogens with zero attached hydrogens (tertiary/aromatic N) is 3. The van der Waals surface area contributed by atoms with Crippen LogP contribution < -0.4 is 5.32 Å². The van der Waals surface area contributed by atoms with Crippen molar-refractivity contribution in [3.05, 3.63) is 22.9 Å². The Hall–Kier alpha value is -1.60. The zero-order valence-electron chi connectivity index (χ0n) is 12.1. The van der Waals surface area contributed by atoms with E-state index in [2.05, 4.69) is 35.1 Å². The van der Waals surface area contributed by atoms with Gasteiger partial charge in [-0.3, -0.25) is 0 Å². The van der Waals surface area contributed by atoms with E-state index in [0.717, 1.165) is 17.8 Å². The number of aromatic nitrogens is 1. The molecule has 18 heavy (non-hydrogen) atoms. The van der Waals surface area contributed by atoms with Gasteiger partial charge in [0, 0.05) is 17.8 Å². The summed E-state index contributed by atoms with van der Waals surface area (Å²) in [5.41, 5.74) is 2.54. The monoisotopic (exact) mass is 246 g/mol. The van der Waals surface area contributed by atoms with E-state index in [1.165, 1.54) is 0 Å². The van der Waals surface area contributed by atoms with Crippen LogP contribution >= 0.6 is 0 Å². The van der Waals surface area contributed by atoms with Crippen LogP contribution in [-0.2, 0) is 0 Å². The molecule has 0 bridgehead atoms. The molecule has 1 aromatic heterocycles. The predicted molar refractivity (Wildman–Crippen MR) is 74.7 cm³/mol. The van der Waals surface area contributed by atoms with Crippen LogP contribution in [0.4, 0.5) is 5.82 Å². The van der Waals surface area contributed by atoms with E-state index in [9.17, 15) is 5.26 Å². The fourth-order valence-electron chi connectivity index (χ4n) is 1.56. The summed E-state index contributed by atoms with van der Waals surface area (Å²) in [7, 11) is 4.09. The van der Waals surface area contributed by atoms with Crippen LogP contribution in [0.5, 0.6) is 0 Å². The number of rotatable bonds is 4. The van der Waals surface area contributed by atoms with Crippen LogP contribution in [0.2, 0.25) is 0 Å². The van der Waals surface area contributed by atoms with Gasteiger partial charge in [-0.1, -0.05) is 0 Å². The highest BCUT2D eigenvalue weighted by Gasteiger charge is 2.21. The largest absolute Gasteiger partial charge is 0.367 e. The van der Waals surface area contributed by atoms with Crippen molar-refractivity contribution < 1.29 is 0 Å². The zero-order valence-corrected chi connectivity index (χ0v) is 12.1. The third kappa shape index (κ3) is 3.21. The van der Waals surface area contributed by atoms with Crippen LogP contribution in [0.1, 0.15) is 30.7 Å². The summed E-state index contributed by atoms with van der Waals surface area (Å²) in [6.45, 7) is 8.92. The van der Waals surface area contributed by atoms with Crippen molar-refractivity contribution in [3.63, 3.8) is 0 Å². The van der Waals surface area contributed by atoms with E-state index >= 15 is 0 Å². The van der Waals surface area contributed by atoms with Crippen molar-refractivity contribution in [1.82, 2.24) is 9.88 Å². The lowest BCUT2D eigenvalue weighted by atomic mass is 10.0. The Morgan fingerprint density at radius 3 is 2.50 bits per heavy atom. The Balaban J connectivity index is 2.96. The molecule has 0 amide bonds. The molecule has 1 heterocycles. The second-order valence-corrected chi connectivity index (χ2v) is 5.48. The highest BCUT2D eigenvalue weighted by molar-refractivity contribution is 5.56. The maximum atomic E-state index is 9.19. The third-order valence-electron chi connectivity index (χ3n) is 3.36. The molecule has 1 N–H and O–H groups in total. The molecule has 1 rings (SSSR count). The molecule has 1 aromatic rings. The van der Waals surface area contributed by atoms with Gasteiger partial charge in [-0.15, -0.1) is 0 Å². The van der Waals surface area contributed by atoms with Crippen LogP contribution in [-0.4, -0.2) is 36.1 Å². The van der Waals surface area contributed by atoms with Crippen molar-refractivity contribution in [3.8, 4) is 6.07 Å². The molecule has 0 aliphatic rings. The van der Waals surface area contributed by atoms with Crippen molar-refractivity contribution >= 4 is 5.82 Å². The minimum absolute atomic E-state index is 0.00601. The first-order valence-corrected chi connectivity index (χ1v) is 6.07.